The van der Waals surface area contributed by atoms with Crippen molar-refractivity contribution in [1.29, 1.82) is 0 Å². The summed E-state index contributed by atoms with van der Waals surface area (Å²) in [7, 11) is 0. The van der Waals surface area contributed by atoms with Gasteiger partial charge in [-0.1, -0.05) is 20.4 Å². The van der Waals surface area contributed by atoms with Gasteiger partial charge in [-0.3, -0.25) is 4.79 Å². The fraction of sp³-hybridized carbons (Fsp3) is 0.850. The fourth-order valence-electron chi connectivity index (χ4n) is 3.26. The average molecular weight is 417 g/mol. The molecule has 0 spiro atoms. The number of rotatable bonds is 6. The molecule has 9 nitrogen and oxygen atoms in total. The smallest absolute Gasteiger partial charge is 0.243 e. The summed E-state index contributed by atoms with van der Waals surface area (Å²) in [6, 6.07) is 0. The van der Waals surface area contributed by atoms with Crippen molar-refractivity contribution in [3.05, 3.63) is 12.7 Å². The van der Waals surface area contributed by atoms with Crippen LogP contribution < -0.4 is 5.32 Å². The van der Waals surface area contributed by atoms with Gasteiger partial charge in [-0.15, -0.1) is 0 Å². The lowest BCUT2D eigenvalue weighted by atomic mass is 9.84. The van der Waals surface area contributed by atoms with Crippen molar-refractivity contribution in [3.63, 3.8) is 0 Å². The van der Waals surface area contributed by atoms with E-state index in [2.05, 4.69) is 11.9 Å². The average Bonchev–Trinajstić information content (AvgIpc) is 2.81. The number of hydrogen-bond donors (Lipinski definition) is 4. The van der Waals surface area contributed by atoms with Crippen molar-refractivity contribution in [1.82, 2.24) is 5.32 Å². The molecular formula is C20H35NO8. The van der Waals surface area contributed by atoms with Crippen LogP contribution in [0.2, 0.25) is 0 Å². The number of carbonyl (C=O) groups is 1. The molecule has 0 aromatic rings. The molecule has 2 aliphatic heterocycles. The van der Waals surface area contributed by atoms with Crippen LogP contribution in [-0.4, -0.2) is 82.6 Å². The Morgan fingerprint density at radius 1 is 1.17 bits per heavy atom. The molecule has 8 atom stereocenters. The molecule has 0 aromatic carbocycles. The van der Waals surface area contributed by atoms with Crippen LogP contribution in [-0.2, 0) is 23.7 Å². The Labute approximate surface area is 172 Å². The van der Waals surface area contributed by atoms with Gasteiger partial charge in [0, 0.05) is 12.0 Å². The molecule has 4 N–H and O–H groups in total. The fourth-order valence-corrected chi connectivity index (χ4v) is 3.26. The quantitative estimate of drug-likeness (QED) is 0.447. The highest BCUT2D eigenvalue weighted by molar-refractivity contribution is 5.86. The molecule has 0 bridgehead atoms. The summed E-state index contributed by atoms with van der Waals surface area (Å²) >= 11 is 0. The Kier molecular flexibility index (Phi) is 7.49. The van der Waals surface area contributed by atoms with Crippen LogP contribution >= 0.6 is 0 Å². The Morgan fingerprint density at radius 3 is 2.28 bits per heavy atom. The van der Waals surface area contributed by atoms with Crippen molar-refractivity contribution in [2.75, 3.05) is 6.54 Å². The molecule has 8 unspecified atom stereocenters. The summed E-state index contributed by atoms with van der Waals surface area (Å²) in [5.74, 6) is -0.423. The number of aliphatic hydroxyl groups is 3. The van der Waals surface area contributed by atoms with E-state index >= 15 is 0 Å². The van der Waals surface area contributed by atoms with E-state index in [4.69, 9.17) is 18.9 Å². The standard InChI is InChI=1S/C20H35NO8/c1-8-12(22)21-9-11-15(28-18-16(25)20(6,7)10(2)26-18)13(23)14(24)17(27-11)29-19(3,4)5/h8,10-11,13-18,23-25H,1,9H2,2-7H3,(H,21,22). The van der Waals surface area contributed by atoms with E-state index < -0.39 is 60.0 Å². The van der Waals surface area contributed by atoms with Gasteiger partial charge < -0.3 is 39.6 Å². The van der Waals surface area contributed by atoms with Crippen molar-refractivity contribution in [2.45, 2.75) is 96.3 Å². The third-order valence-corrected chi connectivity index (χ3v) is 5.47. The number of amides is 1. The zero-order valence-corrected chi connectivity index (χ0v) is 18.0. The second-order valence-electron chi connectivity index (χ2n) is 9.22. The van der Waals surface area contributed by atoms with Gasteiger partial charge in [0.05, 0.1) is 11.7 Å². The highest BCUT2D eigenvalue weighted by Gasteiger charge is 2.53. The molecule has 0 aliphatic carbocycles. The maximum atomic E-state index is 11.6. The highest BCUT2D eigenvalue weighted by Crippen LogP contribution is 2.40. The van der Waals surface area contributed by atoms with Crippen molar-refractivity contribution in [2.24, 2.45) is 5.41 Å². The number of nitrogens with one attached hydrogen (secondary N) is 1. The van der Waals surface area contributed by atoms with Gasteiger partial charge in [0.15, 0.2) is 12.6 Å². The van der Waals surface area contributed by atoms with Gasteiger partial charge in [-0.2, -0.15) is 0 Å². The van der Waals surface area contributed by atoms with Gasteiger partial charge in [0.2, 0.25) is 5.91 Å². The molecule has 2 rings (SSSR count). The molecule has 29 heavy (non-hydrogen) atoms. The van der Waals surface area contributed by atoms with Crippen molar-refractivity contribution < 1.29 is 39.1 Å². The lowest BCUT2D eigenvalue weighted by Crippen LogP contribution is -2.63. The monoisotopic (exact) mass is 417 g/mol. The van der Waals surface area contributed by atoms with Gasteiger partial charge in [0.25, 0.3) is 0 Å². The Morgan fingerprint density at radius 2 is 1.79 bits per heavy atom. The summed E-state index contributed by atoms with van der Waals surface area (Å²) < 4.78 is 23.1. The minimum absolute atomic E-state index is 0.0228. The van der Waals surface area contributed by atoms with Crippen LogP contribution in [0.5, 0.6) is 0 Å². The van der Waals surface area contributed by atoms with E-state index in [9.17, 15) is 20.1 Å². The Bertz CT molecular complexity index is 590. The second-order valence-corrected chi connectivity index (χ2v) is 9.22. The summed E-state index contributed by atoms with van der Waals surface area (Å²) in [6.07, 6.45) is -6.99. The second kappa shape index (κ2) is 8.97. The van der Waals surface area contributed by atoms with E-state index in [-0.39, 0.29) is 12.6 Å². The summed E-state index contributed by atoms with van der Waals surface area (Å²) in [4.78, 5) is 11.6. The molecule has 2 aliphatic rings. The third kappa shape index (κ3) is 5.55. The first-order chi connectivity index (χ1) is 13.3. The van der Waals surface area contributed by atoms with E-state index in [1.807, 2.05) is 20.8 Å². The van der Waals surface area contributed by atoms with Crippen LogP contribution in [0.1, 0.15) is 41.5 Å². The lowest BCUT2D eigenvalue weighted by molar-refractivity contribution is -0.338. The van der Waals surface area contributed by atoms with Crippen molar-refractivity contribution in [3.8, 4) is 0 Å². The largest absolute Gasteiger partial charge is 0.387 e. The minimum Gasteiger partial charge on any atom is -0.387 e. The lowest BCUT2D eigenvalue weighted by Gasteiger charge is -2.44. The topological polar surface area (TPSA) is 127 Å². The van der Waals surface area contributed by atoms with Crippen LogP contribution in [0, 0.1) is 5.41 Å². The summed E-state index contributed by atoms with van der Waals surface area (Å²) in [5.41, 5.74) is -1.20. The van der Waals surface area contributed by atoms with Crippen LogP contribution in [0.4, 0.5) is 0 Å². The van der Waals surface area contributed by atoms with Gasteiger partial charge in [0.1, 0.15) is 30.5 Å². The molecule has 1 amide bonds. The highest BCUT2D eigenvalue weighted by atomic mass is 16.7. The third-order valence-electron chi connectivity index (χ3n) is 5.47. The van der Waals surface area contributed by atoms with Crippen molar-refractivity contribution >= 4 is 5.91 Å². The number of ether oxygens (including phenoxy) is 4. The van der Waals surface area contributed by atoms with E-state index in [0.29, 0.717) is 0 Å². The van der Waals surface area contributed by atoms with Crippen LogP contribution in [0.25, 0.3) is 0 Å². The normalized spacial score (nSPS) is 39.9. The van der Waals surface area contributed by atoms with E-state index in [1.54, 1.807) is 20.8 Å². The Hall–Kier alpha value is -1.07. The zero-order chi connectivity index (χ0) is 22.1. The van der Waals surface area contributed by atoms with Crippen LogP contribution in [0.15, 0.2) is 12.7 Å². The predicted molar refractivity (Wildman–Crippen MR) is 104 cm³/mol. The molecule has 9 heteroatoms. The molecular weight excluding hydrogens is 382 g/mol. The van der Waals surface area contributed by atoms with Gasteiger partial charge in [-0.25, -0.2) is 0 Å². The number of aliphatic hydroxyl groups excluding tert-OH is 3. The first kappa shape index (κ1) is 24.2. The summed E-state index contributed by atoms with van der Waals surface area (Å²) in [6.45, 7) is 14.3. The molecule has 2 fully saturated rings. The SMILES string of the molecule is C=CC(=O)NCC1OC(OC(C)(C)C)C(O)C(O)C1OC1OC(C)C(C)(C)C1O. The predicted octanol–water partition coefficient (Wildman–Crippen LogP) is 0.0675. The van der Waals surface area contributed by atoms with E-state index in [0.717, 1.165) is 6.08 Å². The zero-order valence-electron chi connectivity index (χ0n) is 18.0. The summed E-state index contributed by atoms with van der Waals surface area (Å²) in [5, 5.41) is 34.4. The minimum atomic E-state index is -1.39. The molecule has 2 saturated heterocycles. The number of hydrogen-bond acceptors (Lipinski definition) is 8. The maximum Gasteiger partial charge on any atom is 0.243 e. The molecule has 168 valence electrons. The molecule has 2 heterocycles. The Balaban J connectivity index is 2.20. The molecule has 0 aromatic heterocycles. The first-order valence-electron chi connectivity index (χ1n) is 9.86. The van der Waals surface area contributed by atoms with Gasteiger partial charge in [-0.05, 0) is 33.8 Å². The number of carbonyl (C=O) groups excluding carboxylic acids is 1. The van der Waals surface area contributed by atoms with Gasteiger partial charge >= 0.3 is 0 Å². The molecule has 0 saturated carbocycles. The molecule has 0 radical (unpaired) electrons. The van der Waals surface area contributed by atoms with Crippen LogP contribution in [0.3, 0.4) is 0 Å². The first-order valence-corrected chi connectivity index (χ1v) is 9.86. The van der Waals surface area contributed by atoms with E-state index in [1.165, 1.54) is 0 Å². The maximum absolute atomic E-state index is 11.6.